The van der Waals surface area contributed by atoms with Crippen LogP contribution in [0.1, 0.15) is 40.9 Å². The molecule has 23 heavy (non-hydrogen) atoms. The molecule has 120 valence electrons. The fraction of sp³-hybridized carbons (Fsp3) is 0.316. The van der Waals surface area contributed by atoms with Gasteiger partial charge in [0.15, 0.2) is 0 Å². The van der Waals surface area contributed by atoms with Gasteiger partial charge in [0.25, 0.3) is 5.91 Å². The van der Waals surface area contributed by atoms with Crippen LogP contribution in [0.25, 0.3) is 0 Å². The third-order valence-corrected chi connectivity index (χ3v) is 4.29. The SMILES string of the molecule is CN1Cc2c(NCc3ccc(C(C)(C)O)cc3)cccc2C1=O. The molecule has 0 saturated carbocycles. The number of hydrogen-bond acceptors (Lipinski definition) is 3. The molecule has 1 amide bonds. The average Bonchev–Trinajstić information content (AvgIpc) is 2.81. The van der Waals surface area contributed by atoms with Gasteiger partial charge in [0.1, 0.15) is 0 Å². The largest absolute Gasteiger partial charge is 0.386 e. The first-order valence-corrected chi connectivity index (χ1v) is 7.79. The number of nitrogens with one attached hydrogen (secondary N) is 1. The third-order valence-electron chi connectivity index (χ3n) is 4.29. The zero-order valence-corrected chi connectivity index (χ0v) is 13.8. The van der Waals surface area contributed by atoms with Gasteiger partial charge in [-0.1, -0.05) is 30.3 Å². The summed E-state index contributed by atoms with van der Waals surface area (Å²) >= 11 is 0. The Morgan fingerprint density at radius 1 is 1.17 bits per heavy atom. The average molecular weight is 310 g/mol. The van der Waals surface area contributed by atoms with E-state index in [1.807, 2.05) is 49.5 Å². The van der Waals surface area contributed by atoms with Crippen LogP contribution in [0.2, 0.25) is 0 Å². The molecule has 0 fully saturated rings. The Labute approximate surface area is 136 Å². The van der Waals surface area contributed by atoms with E-state index >= 15 is 0 Å². The van der Waals surface area contributed by atoms with Gasteiger partial charge in [-0.3, -0.25) is 4.79 Å². The van der Waals surface area contributed by atoms with Crippen molar-refractivity contribution in [1.29, 1.82) is 0 Å². The van der Waals surface area contributed by atoms with Gasteiger partial charge in [-0.05, 0) is 37.1 Å². The maximum atomic E-state index is 12.0. The van der Waals surface area contributed by atoms with Crippen LogP contribution in [0.3, 0.4) is 0 Å². The molecule has 4 nitrogen and oxygen atoms in total. The second kappa shape index (κ2) is 5.70. The van der Waals surface area contributed by atoms with Gasteiger partial charge in [0, 0.05) is 37.0 Å². The lowest BCUT2D eigenvalue weighted by Gasteiger charge is -2.18. The monoisotopic (exact) mass is 310 g/mol. The summed E-state index contributed by atoms with van der Waals surface area (Å²) in [5, 5.41) is 13.4. The smallest absolute Gasteiger partial charge is 0.254 e. The van der Waals surface area contributed by atoms with E-state index < -0.39 is 5.60 Å². The lowest BCUT2D eigenvalue weighted by Crippen LogP contribution is -2.17. The van der Waals surface area contributed by atoms with Crippen molar-refractivity contribution >= 4 is 11.6 Å². The molecule has 0 radical (unpaired) electrons. The minimum Gasteiger partial charge on any atom is -0.386 e. The number of fused-ring (bicyclic) bond motifs is 1. The highest BCUT2D eigenvalue weighted by molar-refractivity contribution is 5.99. The second-order valence-electron chi connectivity index (χ2n) is 6.60. The van der Waals surface area contributed by atoms with Crippen LogP contribution in [0.5, 0.6) is 0 Å². The summed E-state index contributed by atoms with van der Waals surface area (Å²) in [7, 11) is 1.82. The fourth-order valence-electron chi connectivity index (χ4n) is 2.87. The van der Waals surface area contributed by atoms with Gasteiger partial charge in [-0.15, -0.1) is 0 Å². The van der Waals surface area contributed by atoms with E-state index in [1.165, 1.54) is 0 Å². The molecule has 1 aliphatic heterocycles. The summed E-state index contributed by atoms with van der Waals surface area (Å²) < 4.78 is 0. The Kier molecular flexibility index (Phi) is 3.86. The Bertz CT molecular complexity index is 730. The molecule has 0 spiro atoms. The normalized spacial score (nSPS) is 14.1. The van der Waals surface area contributed by atoms with Crippen molar-refractivity contribution in [2.24, 2.45) is 0 Å². The molecule has 4 heteroatoms. The van der Waals surface area contributed by atoms with Crippen LogP contribution >= 0.6 is 0 Å². The minimum absolute atomic E-state index is 0.0816. The van der Waals surface area contributed by atoms with E-state index in [0.717, 1.165) is 27.9 Å². The molecule has 0 unspecified atom stereocenters. The first kappa shape index (κ1) is 15.6. The molecule has 2 aromatic rings. The zero-order valence-electron chi connectivity index (χ0n) is 13.8. The van der Waals surface area contributed by atoms with Crippen LogP contribution in [0.4, 0.5) is 5.69 Å². The van der Waals surface area contributed by atoms with Crippen molar-refractivity contribution < 1.29 is 9.90 Å². The number of nitrogens with zero attached hydrogens (tertiary/aromatic N) is 1. The summed E-state index contributed by atoms with van der Waals surface area (Å²) in [6.45, 7) is 4.89. The van der Waals surface area contributed by atoms with Crippen molar-refractivity contribution in [3.8, 4) is 0 Å². The molecule has 0 bridgehead atoms. The summed E-state index contributed by atoms with van der Waals surface area (Å²) in [4.78, 5) is 13.8. The topological polar surface area (TPSA) is 52.6 Å². The summed E-state index contributed by atoms with van der Waals surface area (Å²) in [6.07, 6.45) is 0. The van der Waals surface area contributed by atoms with Crippen LogP contribution in [-0.4, -0.2) is 23.0 Å². The lowest BCUT2D eigenvalue weighted by atomic mass is 9.97. The minimum atomic E-state index is -0.822. The molecular weight excluding hydrogens is 288 g/mol. The summed E-state index contributed by atoms with van der Waals surface area (Å²) in [6, 6.07) is 13.7. The molecular formula is C19H22N2O2. The molecule has 0 saturated heterocycles. The van der Waals surface area contributed by atoms with E-state index in [-0.39, 0.29) is 5.91 Å². The summed E-state index contributed by atoms with van der Waals surface area (Å²) in [5.41, 5.74) is 4.06. The number of hydrogen-bond donors (Lipinski definition) is 2. The quantitative estimate of drug-likeness (QED) is 0.912. The number of carbonyl (C=O) groups is 1. The first-order valence-electron chi connectivity index (χ1n) is 7.79. The van der Waals surface area contributed by atoms with Crippen molar-refractivity contribution in [3.63, 3.8) is 0 Å². The number of carbonyl (C=O) groups excluding carboxylic acids is 1. The number of benzene rings is 2. The lowest BCUT2D eigenvalue weighted by molar-refractivity contribution is 0.0784. The summed E-state index contributed by atoms with van der Waals surface area (Å²) in [5.74, 6) is 0.0816. The Hall–Kier alpha value is -2.33. The first-order chi connectivity index (χ1) is 10.9. The van der Waals surface area contributed by atoms with E-state index in [9.17, 15) is 9.90 Å². The van der Waals surface area contributed by atoms with E-state index in [0.29, 0.717) is 13.1 Å². The van der Waals surface area contributed by atoms with Gasteiger partial charge in [-0.2, -0.15) is 0 Å². The van der Waals surface area contributed by atoms with E-state index in [2.05, 4.69) is 5.32 Å². The standard InChI is InChI=1S/C19H22N2O2/c1-19(2,23)14-9-7-13(8-10-14)11-20-17-6-4-5-15-16(17)12-21(3)18(15)22/h4-10,20,23H,11-12H2,1-3H3. The van der Waals surface area contributed by atoms with Gasteiger partial charge in [0.2, 0.25) is 0 Å². The molecule has 2 aromatic carbocycles. The van der Waals surface area contributed by atoms with E-state index in [4.69, 9.17) is 0 Å². The second-order valence-corrected chi connectivity index (χ2v) is 6.60. The van der Waals surface area contributed by atoms with Crippen LogP contribution in [0, 0.1) is 0 Å². The molecule has 1 aliphatic rings. The predicted octanol–water partition coefficient (Wildman–Crippen LogP) is 3.11. The third kappa shape index (κ3) is 3.08. The Morgan fingerprint density at radius 2 is 1.87 bits per heavy atom. The van der Waals surface area contributed by atoms with Crippen LogP contribution < -0.4 is 5.32 Å². The number of amides is 1. The molecule has 0 aliphatic carbocycles. The highest BCUT2D eigenvalue weighted by Gasteiger charge is 2.26. The van der Waals surface area contributed by atoms with Gasteiger partial charge in [-0.25, -0.2) is 0 Å². The highest BCUT2D eigenvalue weighted by atomic mass is 16.3. The Balaban J connectivity index is 1.74. The Morgan fingerprint density at radius 3 is 2.52 bits per heavy atom. The van der Waals surface area contributed by atoms with Gasteiger partial charge >= 0.3 is 0 Å². The van der Waals surface area contributed by atoms with Gasteiger partial charge in [0.05, 0.1) is 5.60 Å². The van der Waals surface area contributed by atoms with Crippen molar-refractivity contribution in [1.82, 2.24) is 4.90 Å². The fourth-order valence-corrected chi connectivity index (χ4v) is 2.87. The molecule has 1 heterocycles. The molecule has 0 atom stereocenters. The predicted molar refractivity (Wildman–Crippen MR) is 91.3 cm³/mol. The number of anilines is 1. The number of rotatable bonds is 4. The number of aliphatic hydroxyl groups is 1. The maximum Gasteiger partial charge on any atom is 0.254 e. The van der Waals surface area contributed by atoms with E-state index in [1.54, 1.807) is 18.7 Å². The molecule has 2 N–H and O–H groups in total. The van der Waals surface area contributed by atoms with Crippen molar-refractivity contribution in [2.75, 3.05) is 12.4 Å². The van der Waals surface area contributed by atoms with Crippen molar-refractivity contribution in [3.05, 3.63) is 64.7 Å². The highest BCUT2D eigenvalue weighted by Crippen LogP contribution is 2.28. The van der Waals surface area contributed by atoms with Crippen LogP contribution in [-0.2, 0) is 18.7 Å². The van der Waals surface area contributed by atoms with Gasteiger partial charge < -0.3 is 15.3 Å². The molecule has 0 aromatic heterocycles. The molecule has 3 rings (SSSR count). The van der Waals surface area contributed by atoms with Crippen LogP contribution in [0.15, 0.2) is 42.5 Å². The zero-order chi connectivity index (χ0) is 16.6. The van der Waals surface area contributed by atoms with Crippen molar-refractivity contribution in [2.45, 2.75) is 32.5 Å². The maximum absolute atomic E-state index is 12.0.